The van der Waals surface area contributed by atoms with Crippen molar-refractivity contribution in [3.63, 3.8) is 0 Å². The van der Waals surface area contributed by atoms with Gasteiger partial charge in [0, 0.05) is 26.3 Å². The lowest BCUT2D eigenvalue weighted by Gasteiger charge is -2.26. The normalized spacial score (nSPS) is 30.6. The first-order valence-electron chi connectivity index (χ1n) is 6.62. The molecule has 17 heavy (non-hydrogen) atoms. The van der Waals surface area contributed by atoms with E-state index in [9.17, 15) is 0 Å². The molecule has 2 aliphatic carbocycles. The van der Waals surface area contributed by atoms with Crippen molar-refractivity contribution in [2.45, 2.75) is 31.7 Å². The van der Waals surface area contributed by atoms with Crippen molar-refractivity contribution in [2.24, 2.45) is 11.8 Å². The molecular weight excluding hydrogens is 210 g/mol. The van der Waals surface area contributed by atoms with Crippen LogP contribution in [0.2, 0.25) is 0 Å². The maximum atomic E-state index is 4.24. The molecule has 2 saturated carbocycles. The highest BCUT2D eigenvalue weighted by atomic mass is 15.1. The summed E-state index contributed by atoms with van der Waals surface area (Å²) < 4.78 is 0. The van der Waals surface area contributed by atoms with E-state index in [0.29, 0.717) is 6.04 Å². The van der Waals surface area contributed by atoms with E-state index in [4.69, 9.17) is 0 Å². The van der Waals surface area contributed by atoms with Crippen molar-refractivity contribution in [3.05, 3.63) is 18.5 Å². The van der Waals surface area contributed by atoms with Crippen LogP contribution < -0.4 is 10.2 Å². The number of hydrogen-bond donors (Lipinski definition) is 1. The summed E-state index contributed by atoms with van der Waals surface area (Å²) in [5, 5.41) is 3.72. The van der Waals surface area contributed by atoms with Crippen LogP contribution in [-0.2, 0) is 0 Å². The Hall–Kier alpha value is -1.25. The zero-order valence-corrected chi connectivity index (χ0v) is 10.7. The lowest BCUT2D eigenvalue weighted by atomic mass is 9.95. The zero-order chi connectivity index (χ0) is 11.8. The second-order valence-corrected chi connectivity index (χ2v) is 5.71. The number of hydrogen-bond acceptors (Lipinski definition) is 3. The van der Waals surface area contributed by atoms with Gasteiger partial charge in [-0.25, -0.2) is 0 Å². The quantitative estimate of drug-likeness (QED) is 0.867. The smallest absolute Gasteiger partial charge is 0.0766 e. The number of nitrogens with one attached hydrogen (secondary N) is 1. The van der Waals surface area contributed by atoms with Gasteiger partial charge in [0.2, 0.25) is 0 Å². The predicted molar refractivity (Wildman–Crippen MR) is 71.4 cm³/mol. The van der Waals surface area contributed by atoms with Gasteiger partial charge in [0.15, 0.2) is 0 Å². The highest BCUT2D eigenvalue weighted by Gasteiger charge is 2.39. The van der Waals surface area contributed by atoms with Gasteiger partial charge in [0.05, 0.1) is 17.6 Å². The standard InChI is InChI=1S/C14H21N3/c1-17(2)14-5-6-15-9-13(14)16-12-8-10-3-4-11(12)7-10/h5-6,9-12,16H,3-4,7-8H2,1-2H3. The Morgan fingerprint density at radius 2 is 2.18 bits per heavy atom. The molecule has 1 N–H and O–H groups in total. The summed E-state index contributed by atoms with van der Waals surface area (Å²) in [4.78, 5) is 6.39. The molecule has 1 heterocycles. The van der Waals surface area contributed by atoms with Crippen LogP contribution in [0.3, 0.4) is 0 Å². The highest BCUT2D eigenvalue weighted by Crippen LogP contribution is 2.46. The molecule has 0 amide bonds. The number of nitrogens with zero attached hydrogens (tertiary/aromatic N) is 2. The summed E-state index contributed by atoms with van der Waals surface area (Å²) in [7, 11) is 4.17. The fourth-order valence-corrected chi connectivity index (χ4v) is 3.51. The van der Waals surface area contributed by atoms with Crippen LogP contribution in [-0.4, -0.2) is 25.1 Å². The topological polar surface area (TPSA) is 28.2 Å². The molecule has 2 fully saturated rings. The van der Waals surface area contributed by atoms with E-state index in [2.05, 4.69) is 35.4 Å². The molecule has 92 valence electrons. The maximum Gasteiger partial charge on any atom is 0.0766 e. The van der Waals surface area contributed by atoms with E-state index in [1.54, 1.807) is 0 Å². The van der Waals surface area contributed by atoms with Crippen molar-refractivity contribution in [1.82, 2.24) is 4.98 Å². The lowest BCUT2D eigenvalue weighted by Crippen LogP contribution is -2.27. The van der Waals surface area contributed by atoms with E-state index >= 15 is 0 Å². The summed E-state index contributed by atoms with van der Waals surface area (Å²) >= 11 is 0. The van der Waals surface area contributed by atoms with Crippen LogP contribution in [0.15, 0.2) is 18.5 Å². The Bertz CT molecular complexity index is 402. The molecule has 3 nitrogen and oxygen atoms in total. The molecule has 2 bridgehead atoms. The maximum absolute atomic E-state index is 4.24. The molecule has 3 atom stereocenters. The van der Waals surface area contributed by atoms with Gasteiger partial charge in [0.25, 0.3) is 0 Å². The molecule has 1 aromatic heterocycles. The van der Waals surface area contributed by atoms with E-state index < -0.39 is 0 Å². The Morgan fingerprint density at radius 1 is 1.29 bits per heavy atom. The van der Waals surface area contributed by atoms with Gasteiger partial charge in [-0.2, -0.15) is 0 Å². The first-order valence-corrected chi connectivity index (χ1v) is 6.62. The number of anilines is 2. The molecule has 3 rings (SSSR count). The molecule has 3 unspecified atom stereocenters. The van der Waals surface area contributed by atoms with Crippen LogP contribution in [0, 0.1) is 11.8 Å². The fourth-order valence-electron chi connectivity index (χ4n) is 3.51. The number of rotatable bonds is 3. The van der Waals surface area contributed by atoms with Crippen LogP contribution in [0.25, 0.3) is 0 Å². The molecule has 0 radical (unpaired) electrons. The Morgan fingerprint density at radius 3 is 2.82 bits per heavy atom. The molecule has 0 aliphatic heterocycles. The second-order valence-electron chi connectivity index (χ2n) is 5.71. The molecule has 3 heteroatoms. The average molecular weight is 231 g/mol. The van der Waals surface area contributed by atoms with Crippen molar-refractivity contribution in [2.75, 3.05) is 24.3 Å². The van der Waals surface area contributed by atoms with Gasteiger partial charge in [-0.3, -0.25) is 4.98 Å². The van der Waals surface area contributed by atoms with Gasteiger partial charge >= 0.3 is 0 Å². The SMILES string of the molecule is CN(C)c1ccncc1NC1CC2CCC1C2. The van der Waals surface area contributed by atoms with E-state index in [1.165, 1.54) is 37.1 Å². The van der Waals surface area contributed by atoms with Crippen molar-refractivity contribution < 1.29 is 0 Å². The first-order chi connectivity index (χ1) is 8.24. The van der Waals surface area contributed by atoms with Gasteiger partial charge < -0.3 is 10.2 Å². The van der Waals surface area contributed by atoms with Crippen LogP contribution >= 0.6 is 0 Å². The summed E-state index contributed by atoms with van der Waals surface area (Å²) in [6.07, 6.45) is 9.49. The number of aromatic nitrogens is 1. The lowest BCUT2D eigenvalue weighted by molar-refractivity contribution is 0.440. The monoisotopic (exact) mass is 231 g/mol. The van der Waals surface area contributed by atoms with Crippen molar-refractivity contribution in [3.8, 4) is 0 Å². The summed E-state index contributed by atoms with van der Waals surface area (Å²) in [6.45, 7) is 0. The summed E-state index contributed by atoms with van der Waals surface area (Å²) in [5.41, 5.74) is 2.43. The number of fused-ring (bicyclic) bond motifs is 2. The van der Waals surface area contributed by atoms with Crippen molar-refractivity contribution in [1.29, 1.82) is 0 Å². The second kappa shape index (κ2) is 4.21. The molecule has 1 aromatic rings. The molecular formula is C14H21N3. The minimum Gasteiger partial charge on any atom is -0.379 e. The predicted octanol–water partition coefficient (Wildman–Crippen LogP) is 2.75. The van der Waals surface area contributed by atoms with Crippen LogP contribution in [0.5, 0.6) is 0 Å². The minimum atomic E-state index is 0.677. The number of pyridine rings is 1. The molecule has 0 saturated heterocycles. The average Bonchev–Trinajstić information content (AvgIpc) is 2.91. The van der Waals surface area contributed by atoms with Crippen LogP contribution in [0.4, 0.5) is 11.4 Å². The van der Waals surface area contributed by atoms with Crippen LogP contribution in [0.1, 0.15) is 25.7 Å². The van der Waals surface area contributed by atoms with Gasteiger partial charge in [-0.05, 0) is 37.2 Å². The fraction of sp³-hybridized carbons (Fsp3) is 0.643. The third kappa shape index (κ3) is 1.99. The Labute approximate surface area is 103 Å². The zero-order valence-electron chi connectivity index (χ0n) is 10.7. The molecule has 0 spiro atoms. The Kier molecular flexibility index (Phi) is 2.69. The highest BCUT2D eigenvalue weighted by molar-refractivity contribution is 5.68. The van der Waals surface area contributed by atoms with Gasteiger partial charge in [-0.15, -0.1) is 0 Å². The Balaban J connectivity index is 1.77. The van der Waals surface area contributed by atoms with E-state index in [0.717, 1.165) is 11.8 Å². The summed E-state index contributed by atoms with van der Waals surface area (Å²) in [5.74, 6) is 1.88. The largest absolute Gasteiger partial charge is 0.379 e. The van der Waals surface area contributed by atoms with E-state index in [1.807, 2.05) is 12.4 Å². The molecule has 0 aromatic carbocycles. The molecule has 2 aliphatic rings. The van der Waals surface area contributed by atoms with Gasteiger partial charge in [-0.1, -0.05) is 6.42 Å². The van der Waals surface area contributed by atoms with Crippen molar-refractivity contribution >= 4 is 11.4 Å². The van der Waals surface area contributed by atoms with E-state index in [-0.39, 0.29) is 0 Å². The first kappa shape index (κ1) is 10.9. The third-order valence-corrected chi connectivity index (χ3v) is 4.36. The van der Waals surface area contributed by atoms with Gasteiger partial charge in [0.1, 0.15) is 0 Å². The summed E-state index contributed by atoms with van der Waals surface area (Å²) in [6, 6.07) is 2.76. The minimum absolute atomic E-state index is 0.677. The third-order valence-electron chi connectivity index (χ3n) is 4.36.